The third-order valence-corrected chi connectivity index (χ3v) is 6.83. The summed E-state index contributed by atoms with van der Waals surface area (Å²) < 4.78 is 10.7. The highest BCUT2D eigenvalue weighted by molar-refractivity contribution is 7.16. The summed E-state index contributed by atoms with van der Waals surface area (Å²) in [4.78, 5) is 24.6. The number of rotatable bonds is 5. The van der Waals surface area contributed by atoms with E-state index in [0.29, 0.717) is 17.6 Å². The summed E-state index contributed by atoms with van der Waals surface area (Å²) in [7, 11) is 1.49. The average molecular weight is 425 g/mol. The van der Waals surface area contributed by atoms with Crippen LogP contribution in [0.1, 0.15) is 31.2 Å². The highest BCUT2D eigenvalue weighted by Gasteiger charge is 2.41. The van der Waals surface area contributed by atoms with Crippen molar-refractivity contribution in [2.45, 2.75) is 50.4 Å². The Morgan fingerprint density at radius 3 is 2.63 bits per heavy atom. The van der Waals surface area contributed by atoms with Gasteiger partial charge in [0.1, 0.15) is 10.3 Å². The van der Waals surface area contributed by atoms with Crippen LogP contribution in [0.25, 0.3) is 10.3 Å². The predicted octanol–water partition coefficient (Wildman–Crippen LogP) is 3.98. The van der Waals surface area contributed by atoms with Crippen LogP contribution < -0.4 is 14.8 Å². The average Bonchev–Trinajstić information content (AvgIpc) is 3.29. The molecule has 2 fully saturated rings. The summed E-state index contributed by atoms with van der Waals surface area (Å²) in [6.45, 7) is 0.973. The van der Waals surface area contributed by atoms with E-state index in [1.807, 2.05) is 11.4 Å². The number of piperidine rings is 1. The van der Waals surface area contributed by atoms with Crippen molar-refractivity contribution in [3.8, 4) is 11.8 Å². The number of benzene rings is 1. The van der Waals surface area contributed by atoms with Gasteiger partial charge in [-0.1, -0.05) is 30.3 Å². The van der Waals surface area contributed by atoms with E-state index in [1.165, 1.54) is 36.9 Å². The van der Waals surface area contributed by atoms with Gasteiger partial charge in [0.25, 0.3) is 11.8 Å². The lowest BCUT2D eigenvalue weighted by Crippen LogP contribution is -2.50. The van der Waals surface area contributed by atoms with Crippen LogP contribution in [0.15, 0.2) is 41.8 Å². The van der Waals surface area contributed by atoms with E-state index < -0.39 is 6.09 Å². The number of methoxy groups -OCH3 is 1. The Bertz CT molecular complexity index is 1030. The monoisotopic (exact) mass is 424 g/mol. The Kier molecular flexibility index (Phi) is 5.26. The Hall–Kier alpha value is -2.71. The molecule has 30 heavy (non-hydrogen) atoms. The number of ether oxygens (including phenoxy) is 2. The minimum Gasteiger partial charge on any atom is -0.477 e. The lowest BCUT2D eigenvalue weighted by atomic mass is 9.96. The first kappa shape index (κ1) is 19.3. The van der Waals surface area contributed by atoms with Crippen molar-refractivity contribution in [2.75, 3.05) is 7.11 Å². The summed E-state index contributed by atoms with van der Waals surface area (Å²) in [5.74, 6) is 0.322. The second-order valence-corrected chi connectivity index (χ2v) is 8.79. The number of nitrogens with one attached hydrogen (secondary N) is 1. The molecule has 2 aromatic heterocycles. The Morgan fingerprint density at radius 1 is 1.13 bits per heavy atom. The minimum atomic E-state index is -0.502. The van der Waals surface area contributed by atoms with Crippen molar-refractivity contribution >= 4 is 27.8 Å². The molecule has 4 heterocycles. The number of carbonyl (C=O) groups is 1. The molecule has 0 saturated carbocycles. The molecule has 2 unspecified atom stereocenters. The first-order chi connectivity index (χ1) is 14.7. The second kappa shape index (κ2) is 8.20. The number of amides is 1. The van der Waals surface area contributed by atoms with Gasteiger partial charge < -0.3 is 14.8 Å². The van der Waals surface area contributed by atoms with E-state index in [-0.39, 0.29) is 17.8 Å². The number of thiophene rings is 1. The molecular formula is C22H24N4O3S. The van der Waals surface area contributed by atoms with E-state index in [4.69, 9.17) is 9.47 Å². The molecule has 156 valence electrons. The lowest BCUT2D eigenvalue weighted by molar-refractivity contribution is 0.107. The molecule has 0 aliphatic carbocycles. The van der Waals surface area contributed by atoms with Crippen LogP contribution in [0.3, 0.4) is 0 Å². The Balaban J connectivity index is 1.22. The van der Waals surface area contributed by atoms with Crippen molar-refractivity contribution in [3.63, 3.8) is 0 Å². The number of hydrogen-bond donors (Lipinski definition) is 1. The number of nitrogens with zero attached hydrogens (tertiary/aromatic N) is 3. The summed E-state index contributed by atoms with van der Waals surface area (Å²) in [6.07, 6.45) is 3.73. The number of carbonyl (C=O) groups excluding carboxylic acids is 1. The van der Waals surface area contributed by atoms with Crippen molar-refractivity contribution in [2.24, 2.45) is 0 Å². The molecule has 1 aromatic carbocycles. The molecule has 3 aromatic rings. The van der Waals surface area contributed by atoms with Crippen molar-refractivity contribution in [1.29, 1.82) is 0 Å². The molecule has 2 aliphatic heterocycles. The second-order valence-electron chi connectivity index (χ2n) is 7.89. The van der Waals surface area contributed by atoms with E-state index in [0.717, 1.165) is 24.2 Å². The highest BCUT2D eigenvalue weighted by Crippen LogP contribution is 2.37. The van der Waals surface area contributed by atoms with Crippen LogP contribution in [0.5, 0.6) is 11.8 Å². The maximum Gasteiger partial charge on any atom is 0.414 e. The van der Waals surface area contributed by atoms with Gasteiger partial charge in [0.05, 0.1) is 7.11 Å². The van der Waals surface area contributed by atoms with Gasteiger partial charge in [0, 0.05) is 24.7 Å². The van der Waals surface area contributed by atoms with Crippen LogP contribution in [-0.4, -0.2) is 46.2 Å². The fourth-order valence-corrected chi connectivity index (χ4v) is 5.38. The number of fused-ring (bicyclic) bond motifs is 3. The first-order valence-electron chi connectivity index (χ1n) is 10.3. The summed E-state index contributed by atoms with van der Waals surface area (Å²) in [5.41, 5.74) is 2.03. The Morgan fingerprint density at radius 2 is 1.90 bits per heavy atom. The third-order valence-electron chi connectivity index (χ3n) is 6.03. The molecule has 8 heteroatoms. The number of hydrogen-bond acceptors (Lipinski definition) is 7. The van der Waals surface area contributed by atoms with Crippen LogP contribution in [0, 0.1) is 0 Å². The van der Waals surface area contributed by atoms with Crippen molar-refractivity contribution < 1.29 is 14.3 Å². The maximum atomic E-state index is 12.6. The quantitative estimate of drug-likeness (QED) is 0.668. The van der Waals surface area contributed by atoms with Crippen LogP contribution in [0.2, 0.25) is 0 Å². The minimum absolute atomic E-state index is 0.102. The maximum absolute atomic E-state index is 12.6. The lowest BCUT2D eigenvalue weighted by Gasteiger charge is -2.39. The van der Waals surface area contributed by atoms with Gasteiger partial charge in [-0.2, -0.15) is 4.98 Å². The van der Waals surface area contributed by atoms with Crippen LogP contribution in [0.4, 0.5) is 4.79 Å². The van der Waals surface area contributed by atoms with E-state index in [1.54, 1.807) is 0 Å². The zero-order chi connectivity index (χ0) is 20.5. The fourth-order valence-electron chi connectivity index (χ4n) is 4.69. The molecule has 0 radical (unpaired) electrons. The largest absolute Gasteiger partial charge is 0.477 e. The first-order valence-corrected chi connectivity index (χ1v) is 11.1. The van der Waals surface area contributed by atoms with E-state index in [2.05, 4.69) is 50.5 Å². The van der Waals surface area contributed by atoms with E-state index >= 15 is 0 Å². The zero-order valence-corrected chi connectivity index (χ0v) is 17.6. The molecular weight excluding hydrogens is 400 g/mol. The predicted molar refractivity (Wildman–Crippen MR) is 115 cm³/mol. The van der Waals surface area contributed by atoms with Gasteiger partial charge in [0.2, 0.25) is 0 Å². The van der Waals surface area contributed by atoms with E-state index in [9.17, 15) is 4.79 Å². The molecule has 2 atom stereocenters. The third kappa shape index (κ3) is 3.85. The molecule has 0 spiro atoms. The van der Waals surface area contributed by atoms with Crippen LogP contribution >= 0.6 is 11.3 Å². The standard InChI is InChI=1S/C22H24N4O3S/c1-28-19-20(24-18-9-10-30-21(18)25-19)29-22(27)23-15-11-16-7-8-17(12-15)26(16)13-14-5-3-2-4-6-14/h2-6,9-10,15-17H,7-8,11-13H2,1H3,(H,23,27). The van der Waals surface area contributed by atoms with Gasteiger partial charge in [-0.05, 0) is 42.7 Å². The molecule has 1 amide bonds. The molecule has 7 nitrogen and oxygen atoms in total. The Labute approximate surface area is 179 Å². The molecule has 2 aliphatic rings. The topological polar surface area (TPSA) is 76.6 Å². The molecule has 2 bridgehead atoms. The summed E-state index contributed by atoms with van der Waals surface area (Å²) in [5, 5.41) is 4.93. The summed E-state index contributed by atoms with van der Waals surface area (Å²) in [6, 6.07) is 13.5. The summed E-state index contributed by atoms with van der Waals surface area (Å²) >= 11 is 1.47. The van der Waals surface area contributed by atoms with Crippen LogP contribution in [-0.2, 0) is 6.54 Å². The SMILES string of the molecule is COc1nc2sccc2nc1OC(=O)NC1CC2CCC(C1)N2Cc1ccccc1. The normalized spacial score (nSPS) is 23.4. The highest BCUT2D eigenvalue weighted by atomic mass is 32.1. The van der Waals surface area contributed by atoms with Gasteiger partial charge in [-0.25, -0.2) is 9.78 Å². The van der Waals surface area contributed by atoms with Crippen molar-refractivity contribution in [3.05, 3.63) is 47.3 Å². The molecule has 2 saturated heterocycles. The zero-order valence-electron chi connectivity index (χ0n) is 16.8. The van der Waals surface area contributed by atoms with Gasteiger partial charge in [0.15, 0.2) is 0 Å². The van der Waals surface area contributed by atoms with Gasteiger partial charge in [-0.15, -0.1) is 11.3 Å². The smallest absolute Gasteiger partial charge is 0.414 e. The fraction of sp³-hybridized carbons (Fsp3) is 0.409. The van der Waals surface area contributed by atoms with Crippen molar-refractivity contribution in [1.82, 2.24) is 20.2 Å². The molecule has 1 N–H and O–H groups in total. The molecule has 5 rings (SSSR count). The number of aromatic nitrogens is 2. The van der Waals surface area contributed by atoms with Gasteiger partial charge >= 0.3 is 6.09 Å². The van der Waals surface area contributed by atoms with Gasteiger partial charge in [-0.3, -0.25) is 4.90 Å².